The quantitative estimate of drug-likeness (QED) is 0.352. The lowest BCUT2D eigenvalue weighted by molar-refractivity contribution is -0.133. The van der Waals surface area contributed by atoms with Gasteiger partial charge in [-0.3, -0.25) is 25.4 Å². The van der Waals surface area contributed by atoms with Crippen LogP contribution in [0.5, 0.6) is 0 Å². The molecule has 1 aromatic carbocycles. The molecule has 2 aromatic rings. The molecule has 0 fully saturated rings. The Morgan fingerprint density at radius 3 is 2.72 bits per heavy atom. The molecule has 0 aliphatic carbocycles. The van der Waals surface area contributed by atoms with Crippen molar-refractivity contribution in [3.05, 3.63) is 23.8 Å². The largest absolute Gasteiger partial charge is 0.481 e. The fourth-order valence-corrected chi connectivity index (χ4v) is 2.44. The minimum absolute atomic E-state index is 0.154. The Balaban J connectivity index is 2.24. The monoisotopic (exact) mass is 365 g/mol. The molecule has 0 bridgehead atoms. The van der Waals surface area contributed by atoms with E-state index in [1.807, 2.05) is 19.3 Å². The molecular formula is C15H19N5O4S. The van der Waals surface area contributed by atoms with Crippen LogP contribution in [0.3, 0.4) is 0 Å². The van der Waals surface area contributed by atoms with Crippen molar-refractivity contribution in [3.63, 3.8) is 0 Å². The zero-order valence-electron chi connectivity index (χ0n) is 13.7. The van der Waals surface area contributed by atoms with E-state index in [4.69, 9.17) is 5.11 Å². The van der Waals surface area contributed by atoms with Gasteiger partial charge in [-0.2, -0.15) is 0 Å². The van der Waals surface area contributed by atoms with Crippen LogP contribution in [0.25, 0.3) is 11.4 Å². The van der Waals surface area contributed by atoms with Gasteiger partial charge >= 0.3 is 5.97 Å². The molecule has 0 spiro atoms. The number of H-pyrrole nitrogens is 1. The van der Waals surface area contributed by atoms with Crippen LogP contribution in [0, 0.1) is 5.92 Å². The minimum Gasteiger partial charge on any atom is -0.481 e. The summed E-state index contributed by atoms with van der Waals surface area (Å²) >= 11 is 0.978. The third-order valence-electron chi connectivity index (χ3n) is 3.06. The van der Waals surface area contributed by atoms with Crippen LogP contribution in [-0.2, 0) is 4.79 Å². The lowest BCUT2D eigenvalue weighted by Crippen LogP contribution is -2.27. The van der Waals surface area contributed by atoms with Crippen LogP contribution in [0.2, 0.25) is 0 Å². The molecule has 0 saturated carbocycles. The molecule has 10 heteroatoms. The van der Waals surface area contributed by atoms with Crippen molar-refractivity contribution in [2.75, 3.05) is 17.8 Å². The summed E-state index contributed by atoms with van der Waals surface area (Å²) in [7, 11) is 0. The number of benzene rings is 1. The predicted molar refractivity (Wildman–Crippen MR) is 92.8 cm³/mol. The summed E-state index contributed by atoms with van der Waals surface area (Å²) in [5.74, 6) is -0.717. The van der Waals surface area contributed by atoms with Crippen molar-refractivity contribution in [1.29, 1.82) is 0 Å². The SMILES string of the molecule is CC(C)CNC(=O)c1cc(NO)cc(-c2nc(SCC(=O)O)n[nH]2)c1. The number of carbonyl (C=O) groups is 2. The van der Waals surface area contributed by atoms with Gasteiger partial charge in [-0.15, -0.1) is 5.10 Å². The second-order valence-corrected chi connectivity index (χ2v) is 6.61. The van der Waals surface area contributed by atoms with Crippen LogP contribution in [-0.4, -0.2) is 49.7 Å². The van der Waals surface area contributed by atoms with Crippen molar-refractivity contribution in [2.45, 2.75) is 19.0 Å². The van der Waals surface area contributed by atoms with Crippen molar-refractivity contribution in [3.8, 4) is 11.4 Å². The summed E-state index contributed by atoms with van der Waals surface area (Å²) in [6, 6.07) is 4.71. The van der Waals surface area contributed by atoms with Gasteiger partial charge in [0.15, 0.2) is 5.82 Å². The molecule has 1 heterocycles. The summed E-state index contributed by atoms with van der Waals surface area (Å²) in [6.45, 7) is 4.51. The van der Waals surface area contributed by atoms with Crippen molar-refractivity contribution in [2.24, 2.45) is 5.92 Å². The van der Waals surface area contributed by atoms with Crippen LogP contribution < -0.4 is 10.8 Å². The first-order chi connectivity index (χ1) is 11.9. The van der Waals surface area contributed by atoms with E-state index in [-0.39, 0.29) is 16.8 Å². The Bertz CT molecular complexity index is 762. The molecule has 1 amide bonds. The normalized spacial score (nSPS) is 10.7. The number of carboxylic acid groups (broad SMARTS) is 1. The van der Waals surface area contributed by atoms with E-state index in [0.717, 1.165) is 11.8 Å². The second-order valence-electron chi connectivity index (χ2n) is 5.66. The van der Waals surface area contributed by atoms with Crippen molar-refractivity contribution < 1.29 is 19.9 Å². The molecule has 134 valence electrons. The van der Waals surface area contributed by atoms with E-state index in [0.29, 0.717) is 35.1 Å². The van der Waals surface area contributed by atoms with E-state index in [2.05, 4.69) is 20.5 Å². The van der Waals surface area contributed by atoms with Gasteiger partial charge in [0.2, 0.25) is 5.16 Å². The molecule has 0 atom stereocenters. The number of hydrogen-bond acceptors (Lipinski definition) is 7. The third kappa shape index (κ3) is 5.47. The Kier molecular flexibility index (Phi) is 6.37. The van der Waals surface area contributed by atoms with Gasteiger partial charge in [0.25, 0.3) is 5.91 Å². The van der Waals surface area contributed by atoms with E-state index >= 15 is 0 Å². The molecule has 1 aromatic heterocycles. The van der Waals surface area contributed by atoms with Gasteiger partial charge in [0.05, 0.1) is 11.4 Å². The van der Waals surface area contributed by atoms with Gasteiger partial charge in [0.1, 0.15) is 0 Å². The summed E-state index contributed by atoms with van der Waals surface area (Å²) in [5.41, 5.74) is 3.23. The Hall–Kier alpha value is -2.59. The number of aromatic amines is 1. The van der Waals surface area contributed by atoms with E-state index in [9.17, 15) is 14.8 Å². The second kappa shape index (κ2) is 8.49. The van der Waals surface area contributed by atoms with Gasteiger partial charge < -0.3 is 10.4 Å². The summed E-state index contributed by atoms with van der Waals surface area (Å²) < 4.78 is 0. The molecule has 0 aliphatic rings. The number of rotatable bonds is 8. The first kappa shape index (κ1) is 18.7. The standard InChI is InChI=1S/C15H19N5O4S/c1-8(2)6-16-14(23)10-3-9(4-11(5-10)20-24)13-17-15(19-18-13)25-7-12(21)22/h3-5,8,20,24H,6-7H2,1-2H3,(H,16,23)(H,21,22)(H,17,18,19). The zero-order chi connectivity index (χ0) is 18.4. The van der Waals surface area contributed by atoms with Gasteiger partial charge in [0, 0.05) is 17.7 Å². The molecule has 0 aliphatic heterocycles. The number of aliphatic carboxylic acids is 1. The average molecular weight is 365 g/mol. The Morgan fingerprint density at radius 1 is 1.32 bits per heavy atom. The third-order valence-corrected chi connectivity index (χ3v) is 3.89. The predicted octanol–water partition coefficient (Wildman–Crippen LogP) is 1.84. The van der Waals surface area contributed by atoms with E-state index < -0.39 is 5.97 Å². The maximum Gasteiger partial charge on any atom is 0.313 e. The van der Waals surface area contributed by atoms with E-state index in [1.54, 1.807) is 12.1 Å². The summed E-state index contributed by atoms with van der Waals surface area (Å²) in [5, 5.41) is 27.6. The topological polar surface area (TPSA) is 140 Å². The molecule has 0 unspecified atom stereocenters. The first-order valence-electron chi connectivity index (χ1n) is 7.49. The summed E-state index contributed by atoms with van der Waals surface area (Å²) in [6.07, 6.45) is 0. The van der Waals surface area contributed by atoms with Gasteiger partial charge in [-0.05, 0) is 24.1 Å². The maximum absolute atomic E-state index is 12.2. The van der Waals surface area contributed by atoms with Crippen LogP contribution >= 0.6 is 11.8 Å². The first-order valence-corrected chi connectivity index (χ1v) is 8.48. The number of thioether (sulfide) groups is 1. The molecule has 25 heavy (non-hydrogen) atoms. The minimum atomic E-state index is -0.966. The fraction of sp³-hybridized carbons (Fsp3) is 0.333. The molecular weight excluding hydrogens is 346 g/mol. The van der Waals surface area contributed by atoms with Crippen molar-refractivity contribution >= 4 is 29.3 Å². The highest BCUT2D eigenvalue weighted by Crippen LogP contribution is 2.24. The smallest absolute Gasteiger partial charge is 0.313 e. The van der Waals surface area contributed by atoms with Crippen LogP contribution in [0.4, 0.5) is 5.69 Å². The number of nitrogens with zero attached hydrogens (tertiary/aromatic N) is 2. The number of amides is 1. The lowest BCUT2D eigenvalue weighted by Gasteiger charge is -2.10. The number of anilines is 1. The number of nitrogens with one attached hydrogen (secondary N) is 3. The number of hydrogen-bond donors (Lipinski definition) is 5. The lowest BCUT2D eigenvalue weighted by atomic mass is 10.1. The van der Waals surface area contributed by atoms with Crippen molar-refractivity contribution in [1.82, 2.24) is 20.5 Å². The Morgan fingerprint density at radius 2 is 2.08 bits per heavy atom. The highest BCUT2D eigenvalue weighted by Gasteiger charge is 2.13. The fourth-order valence-electron chi connectivity index (χ4n) is 1.93. The van der Waals surface area contributed by atoms with Crippen LogP contribution in [0.1, 0.15) is 24.2 Å². The molecule has 2 rings (SSSR count). The highest BCUT2D eigenvalue weighted by molar-refractivity contribution is 7.99. The molecule has 0 saturated heterocycles. The summed E-state index contributed by atoms with van der Waals surface area (Å²) in [4.78, 5) is 27.0. The highest BCUT2D eigenvalue weighted by atomic mass is 32.2. The van der Waals surface area contributed by atoms with E-state index in [1.165, 1.54) is 6.07 Å². The number of carbonyl (C=O) groups excluding carboxylic acids is 1. The number of aromatic nitrogens is 3. The number of carboxylic acids is 1. The van der Waals surface area contributed by atoms with Gasteiger partial charge in [-0.1, -0.05) is 25.6 Å². The molecule has 0 radical (unpaired) electrons. The molecule has 9 nitrogen and oxygen atoms in total. The van der Waals surface area contributed by atoms with Gasteiger partial charge in [-0.25, -0.2) is 4.98 Å². The zero-order valence-corrected chi connectivity index (χ0v) is 14.6. The van der Waals surface area contributed by atoms with Crippen LogP contribution in [0.15, 0.2) is 23.4 Å². The maximum atomic E-state index is 12.2. The Labute approximate surface area is 148 Å². The molecule has 5 N–H and O–H groups in total. The average Bonchev–Trinajstić information content (AvgIpc) is 3.06.